The molecule has 29 heavy (non-hydrogen) atoms. The molecule has 0 aliphatic rings. The second kappa shape index (κ2) is 9.80. The SMILES string of the molecule is C[C@@H](NC(=O)COC(=O)c1ccc(COc2ccccc2)o1)c1ccccc1Cl. The number of rotatable bonds is 8. The van der Waals surface area contributed by atoms with Gasteiger partial charge in [-0.1, -0.05) is 48.0 Å². The number of amides is 1. The van der Waals surface area contributed by atoms with Crippen molar-refractivity contribution in [2.24, 2.45) is 0 Å². The van der Waals surface area contributed by atoms with Crippen LogP contribution in [0, 0.1) is 0 Å². The number of para-hydroxylation sites is 1. The van der Waals surface area contributed by atoms with E-state index in [9.17, 15) is 9.59 Å². The Morgan fingerprint density at radius 1 is 1.03 bits per heavy atom. The van der Waals surface area contributed by atoms with Crippen molar-refractivity contribution in [3.8, 4) is 5.75 Å². The summed E-state index contributed by atoms with van der Waals surface area (Å²) in [5, 5.41) is 3.29. The molecule has 0 spiro atoms. The maximum Gasteiger partial charge on any atom is 0.374 e. The van der Waals surface area contributed by atoms with Gasteiger partial charge >= 0.3 is 5.97 Å². The zero-order valence-electron chi connectivity index (χ0n) is 15.8. The lowest BCUT2D eigenvalue weighted by Crippen LogP contribution is -2.31. The van der Waals surface area contributed by atoms with Gasteiger partial charge in [0.2, 0.25) is 5.76 Å². The zero-order chi connectivity index (χ0) is 20.6. The lowest BCUT2D eigenvalue weighted by atomic mass is 10.1. The molecule has 0 aliphatic carbocycles. The van der Waals surface area contributed by atoms with Crippen molar-refractivity contribution >= 4 is 23.5 Å². The molecule has 0 fully saturated rings. The number of benzene rings is 2. The average molecular weight is 414 g/mol. The number of ether oxygens (including phenoxy) is 2. The maximum atomic E-state index is 12.1. The number of furan rings is 1. The molecule has 0 unspecified atom stereocenters. The van der Waals surface area contributed by atoms with Crippen LogP contribution in [0.2, 0.25) is 5.02 Å². The van der Waals surface area contributed by atoms with E-state index >= 15 is 0 Å². The fourth-order valence-corrected chi connectivity index (χ4v) is 2.93. The zero-order valence-corrected chi connectivity index (χ0v) is 16.5. The molecule has 1 heterocycles. The first kappa shape index (κ1) is 20.5. The molecule has 1 N–H and O–H groups in total. The Balaban J connectivity index is 1.46. The van der Waals surface area contributed by atoms with E-state index in [0.717, 1.165) is 5.56 Å². The minimum Gasteiger partial charge on any atom is -0.486 e. The number of halogens is 1. The average Bonchev–Trinajstić information content (AvgIpc) is 3.21. The van der Waals surface area contributed by atoms with Gasteiger partial charge in [0.25, 0.3) is 5.91 Å². The Bertz CT molecular complexity index is 970. The van der Waals surface area contributed by atoms with E-state index in [1.54, 1.807) is 19.1 Å². The van der Waals surface area contributed by atoms with E-state index in [-0.39, 0.29) is 18.4 Å². The van der Waals surface area contributed by atoms with Crippen LogP contribution >= 0.6 is 11.6 Å². The first-order valence-corrected chi connectivity index (χ1v) is 9.38. The van der Waals surface area contributed by atoms with Crippen molar-refractivity contribution in [3.05, 3.63) is 88.8 Å². The van der Waals surface area contributed by atoms with Crippen molar-refractivity contribution in [2.75, 3.05) is 6.61 Å². The Morgan fingerprint density at radius 2 is 1.76 bits per heavy atom. The highest BCUT2D eigenvalue weighted by atomic mass is 35.5. The standard InChI is InChI=1S/C22H20ClNO5/c1-15(18-9-5-6-10-19(18)23)24-21(25)14-28-22(26)20-12-11-17(29-20)13-27-16-7-3-2-4-8-16/h2-12,15H,13-14H2,1H3,(H,24,25)/t15-/m1/s1. The molecule has 0 saturated heterocycles. The fourth-order valence-electron chi connectivity index (χ4n) is 2.63. The first-order valence-electron chi connectivity index (χ1n) is 9.00. The van der Waals surface area contributed by atoms with E-state index in [2.05, 4.69) is 5.32 Å². The molecule has 0 radical (unpaired) electrons. The van der Waals surface area contributed by atoms with Gasteiger partial charge in [-0.05, 0) is 42.8 Å². The summed E-state index contributed by atoms with van der Waals surface area (Å²) in [6, 6.07) is 19.2. The number of carbonyl (C=O) groups is 2. The highest BCUT2D eigenvalue weighted by Crippen LogP contribution is 2.22. The molecule has 2 aromatic carbocycles. The van der Waals surface area contributed by atoms with E-state index in [1.165, 1.54) is 6.07 Å². The minimum absolute atomic E-state index is 0.00335. The topological polar surface area (TPSA) is 77.8 Å². The molecule has 0 aliphatic heterocycles. The summed E-state index contributed by atoms with van der Waals surface area (Å²) in [5.41, 5.74) is 0.780. The van der Waals surface area contributed by atoms with Crippen molar-refractivity contribution in [1.82, 2.24) is 5.32 Å². The third-order valence-electron chi connectivity index (χ3n) is 4.07. The Morgan fingerprint density at radius 3 is 2.52 bits per heavy atom. The van der Waals surface area contributed by atoms with Gasteiger partial charge in [-0.2, -0.15) is 0 Å². The van der Waals surface area contributed by atoms with Crippen LogP contribution in [0.4, 0.5) is 0 Å². The molecule has 1 aromatic heterocycles. The summed E-state index contributed by atoms with van der Waals surface area (Å²) in [4.78, 5) is 24.1. The number of nitrogens with one attached hydrogen (secondary N) is 1. The monoisotopic (exact) mass is 413 g/mol. The van der Waals surface area contributed by atoms with Gasteiger partial charge < -0.3 is 19.2 Å². The van der Waals surface area contributed by atoms with E-state index in [1.807, 2.05) is 48.5 Å². The van der Waals surface area contributed by atoms with Gasteiger partial charge in [-0.3, -0.25) is 4.79 Å². The number of hydrogen-bond acceptors (Lipinski definition) is 5. The second-order valence-electron chi connectivity index (χ2n) is 6.25. The number of esters is 1. The summed E-state index contributed by atoms with van der Waals surface area (Å²) in [6.07, 6.45) is 0. The van der Waals surface area contributed by atoms with Crippen molar-refractivity contribution < 1.29 is 23.5 Å². The Hall–Kier alpha value is -3.25. The van der Waals surface area contributed by atoms with Gasteiger partial charge in [-0.25, -0.2) is 4.79 Å². The third-order valence-corrected chi connectivity index (χ3v) is 4.41. The molecule has 7 heteroatoms. The smallest absolute Gasteiger partial charge is 0.374 e. The fraction of sp³-hybridized carbons (Fsp3) is 0.182. The molecule has 0 bridgehead atoms. The van der Waals surface area contributed by atoms with Crippen molar-refractivity contribution in [2.45, 2.75) is 19.6 Å². The number of carbonyl (C=O) groups excluding carboxylic acids is 2. The normalized spacial score (nSPS) is 11.5. The van der Waals surface area contributed by atoms with Gasteiger partial charge in [0, 0.05) is 5.02 Å². The summed E-state index contributed by atoms with van der Waals surface area (Å²) in [5.74, 6) is 0.0000140. The van der Waals surface area contributed by atoms with Crippen LogP contribution in [0.1, 0.15) is 34.8 Å². The van der Waals surface area contributed by atoms with Gasteiger partial charge in [0.15, 0.2) is 6.61 Å². The Kier molecular flexibility index (Phi) is 6.92. The molecular formula is C22H20ClNO5. The van der Waals surface area contributed by atoms with Gasteiger partial charge in [0.1, 0.15) is 18.1 Å². The largest absolute Gasteiger partial charge is 0.486 e. The van der Waals surface area contributed by atoms with Crippen LogP contribution in [0.25, 0.3) is 0 Å². The summed E-state index contributed by atoms with van der Waals surface area (Å²) >= 11 is 6.12. The van der Waals surface area contributed by atoms with Gasteiger partial charge in [-0.15, -0.1) is 0 Å². The molecule has 3 aromatic rings. The highest BCUT2D eigenvalue weighted by molar-refractivity contribution is 6.31. The molecule has 3 rings (SSSR count). The van der Waals surface area contributed by atoms with Crippen LogP contribution in [0.3, 0.4) is 0 Å². The molecular weight excluding hydrogens is 394 g/mol. The predicted octanol–water partition coefficient (Wildman–Crippen LogP) is 4.55. The predicted molar refractivity (Wildman–Crippen MR) is 108 cm³/mol. The van der Waals surface area contributed by atoms with Crippen LogP contribution in [-0.4, -0.2) is 18.5 Å². The molecule has 1 amide bonds. The van der Waals surface area contributed by atoms with Crippen LogP contribution < -0.4 is 10.1 Å². The molecule has 0 saturated carbocycles. The highest BCUT2D eigenvalue weighted by Gasteiger charge is 2.17. The quantitative estimate of drug-likeness (QED) is 0.548. The second-order valence-corrected chi connectivity index (χ2v) is 6.66. The first-order chi connectivity index (χ1) is 14.0. The van der Waals surface area contributed by atoms with E-state index in [0.29, 0.717) is 16.5 Å². The molecule has 150 valence electrons. The lowest BCUT2D eigenvalue weighted by Gasteiger charge is -2.15. The lowest BCUT2D eigenvalue weighted by molar-refractivity contribution is -0.124. The van der Waals surface area contributed by atoms with Crippen LogP contribution in [0.5, 0.6) is 5.75 Å². The van der Waals surface area contributed by atoms with Gasteiger partial charge in [0.05, 0.1) is 6.04 Å². The summed E-state index contributed by atoms with van der Waals surface area (Å²) < 4.78 is 16.0. The van der Waals surface area contributed by atoms with Crippen molar-refractivity contribution in [1.29, 1.82) is 0 Å². The minimum atomic E-state index is -0.725. The van der Waals surface area contributed by atoms with E-state index in [4.69, 9.17) is 25.5 Å². The summed E-state index contributed by atoms with van der Waals surface area (Å²) in [6.45, 7) is 1.55. The van der Waals surface area contributed by atoms with Crippen molar-refractivity contribution in [3.63, 3.8) is 0 Å². The van der Waals surface area contributed by atoms with Crippen LogP contribution in [0.15, 0.2) is 71.1 Å². The molecule has 6 nitrogen and oxygen atoms in total. The summed E-state index contributed by atoms with van der Waals surface area (Å²) in [7, 11) is 0. The third kappa shape index (κ3) is 5.86. The maximum absolute atomic E-state index is 12.1. The Labute approximate surface area is 173 Å². The molecule has 1 atom stereocenters. The van der Waals surface area contributed by atoms with Crippen LogP contribution in [-0.2, 0) is 16.1 Å². The van der Waals surface area contributed by atoms with E-state index < -0.39 is 18.5 Å². The number of hydrogen-bond donors (Lipinski definition) is 1.